The second kappa shape index (κ2) is 4.57. The summed E-state index contributed by atoms with van der Waals surface area (Å²) in [5.41, 5.74) is 0. The lowest BCUT2D eigenvalue weighted by molar-refractivity contribution is -0.0367. The molecule has 1 rings (SSSR count). The maximum atomic E-state index is 8.95. The predicted molar refractivity (Wildman–Crippen MR) is 40.7 cm³/mol. The highest BCUT2D eigenvalue weighted by atomic mass is 16.6. The van der Waals surface area contributed by atoms with E-state index < -0.39 is 0 Å². The first-order valence-electron chi connectivity index (χ1n) is 3.80. The van der Waals surface area contributed by atoms with Crippen molar-refractivity contribution in [1.82, 2.24) is 0 Å². The molecule has 12 heavy (non-hydrogen) atoms. The number of hydrogen-bond donors (Lipinski definition) is 1. The second-order valence-electron chi connectivity index (χ2n) is 2.51. The fourth-order valence-corrected chi connectivity index (χ4v) is 1.04. The maximum absolute atomic E-state index is 8.95. The van der Waals surface area contributed by atoms with Crippen molar-refractivity contribution in [3.05, 3.63) is 17.1 Å². The smallest absolute Gasteiger partial charge is 0.429 e. The van der Waals surface area contributed by atoms with Crippen LogP contribution in [0.4, 0.5) is 0 Å². The molecule has 0 amide bonds. The summed E-state index contributed by atoms with van der Waals surface area (Å²) in [5, 5.41) is 17.0. The highest BCUT2D eigenvalue weighted by molar-refractivity contribution is 4.88. The SMILES string of the molecule is N#[N+]C=C(O)OC1CCOCC1. The summed E-state index contributed by atoms with van der Waals surface area (Å²) in [6.07, 6.45) is 2.33. The Morgan fingerprint density at radius 1 is 1.58 bits per heavy atom. The van der Waals surface area contributed by atoms with Crippen molar-refractivity contribution in [1.29, 1.82) is 5.39 Å². The average Bonchev–Trinajstić information content (AvgIpc) is 2.06. The number of nitrogens with zero attached hydrogens (tertiary/aromatic N) is 2. The molecular weight excluding hydrogens is 160 g/mol. The molecule has 0 unspecified atom stereocenters. The van der Waals surface area contributed by atoms with E-state index in [9.17, 15) is 0 Å². The first-order valence-corrected chi connectivity index (χ1v) is 3.80. The first kappa shape index (κ1) is 8.81. The van der Waals surface area contributed by atoms with Gasteiger partial charge in [0, 0.05) is 12.8 Å². The second-order valence-corrected chi connectivity index (χ2v) is 2.51. The Morgan fingerprint density at radius 2 is 2.25 bits per heavy atom. The third-order valence-electron chi connectivity index (χ3n) is 1.62. The van der Waals surface area contributed by atoms with Crippen LogP contribution >= 0.6 is 0 Å². The summed E-state index contributed by atoms with van der Waals surface area (Å²) in [6, 6.07) is 0. The number of aliphatic hydroxyl groups excluding tert-OH is 1. The van der Waals surface area contributed by atoms with E-state index >= 15 is 0 Å². The summed E-state index contributed by atoms with van der Waals surface area (Å²) in [6.45, 7) is 1.29. The molecule has 0 atom stereocenters. The third-order valence-corrected chi connectivity index (χ3v) is 1.62. The Bertz CT molecular complexity index is 203. The average molecular weight is 171 g/mol. The van der Waals surface area contributed by atoms with Gasteiger partial charge in [-0.25, -0.2) is 0 Å². The highest BCUT2D eigenvalue weighted by Crippen LogP contribution is 2.13. The molecule has 1 fully saturated rings. The standard InChI is InChI=1S/C7H10N2O3/c8-9-5-7(10)12-6-1-3-11-4-2-6/h5-6H,1-4H2/p+1. The third kappa shape index (κ3) is 2.76. The van der Waals surface area contributed by atoms with Crippen molar-refractivity contribution >= 4 is 0 Å². The molecule has 5 nitrogen and oxygen atoms in total. The normalized spacial score (nSPS) is 20.1. The van der Waals surface area contributed by atoms with Gasteiger partial charge in [0.15, 0.2) is 4.98 Å². The molecule has 1 heterocycles. The lowest BCUT2D eigenvalue weighted by Crippen LogP contribution is -2.23. The van der Waals surface area contributed by atoms with Gasteiger partial charge in [0.05, 0.1) is 13.2 Å². The molecule has 0 radical (unpaired) electrons. The Balaban J connectivity index is 2.30. The molecule has 0 aromatic rings. The van der Waals surface area contributed by atoms with Crippen LogP contribution in [-0.2, 0) is 9.47 Å². The van der Waals surface area contributed by atoms with Crippen LogP contribution in [-0.4, -0.2) is 24.4 Å². The molecule has 1 aliphatic heterocycles. The van der Waals surface area contributed by atoms with Crippen LogP contribution in [0.3, 0.4) is 0 Å². The molecular formula is C7H11N2O3+. The van der Waals surface area contributed by atoms with Gasteiger partial charge in [0.1, 0.15) is 6.10 Å². The van der Waals surface area contributed by atoms with Crippen molar-refractivity contribution < 1.29 is 14.6 Å². The van der Waals surface area contributed by atoms with Crippen molar-refractivity contribution in [3.8, 4) is 0 Å². The van der Waals surface area contributed by atoms with Gasteiger partial charge >= 0.3 is 12.1 Å². The molecule has 0 aromatic heterocycles. The fourth-order valence-electron chi connectivity index (χ4n) is 1.04. The van der Waals surface area contributed by atoms with Crippen LogP contribution in [0.2, 0.25) is 0 Å². The molecule has 1 saturated heterocycles. The molecule has 0 spiro atoms. The highest BCUT2D eigenvalue weighted by Gasteiger charge is 2.17. The molecule has 5 heteroatoms. The lowest BCUT2D eigenvalue weighted by Gasteiger charge is -2.21. The van der Waals surface area contributed by atoms with Gasteiger partial charge in [-0.05, 0) is 0 Å². The van der Waals surface area contributed by atoms with Crippen LogP contribution in [0.5, 0.6) is 0 Å². The van der Waals surface area contributed by atoms with Gasteiger partial charge in [0.25, 0.3) is 0 Å². The number of ether oxygens (including phenoxy) is 2. The quantitative estimate of drug-likeness (QED) is 0.503. The molecule has 0 bridgehead atoms. The van der Waals surface area contributed by atoms with E-state index in [0.29, 0.717) is 13.2 Å². The fraction of sp³-hybridized carbons (Fsp3) is 0.714. The number of rotatable bonds is 2. The van der Waals surface area contributed by atoms with Gasteiger partial charge in [-0.2, -0.15) is 0 Å². The van der Waals surface area contributed by atoms with E-state index in [0.717, 1.165) is 19.0 Å². The van der Waals surface area contributed by atoms with Crippen LogP contribution in [0.1, 0.15) is 12.8 Å². The minimum atomic E-state index is -0.357. The Morgan fingerprint density at radius 3 is 2.83 bits per heavy atom. The molecule has 0 aliphatic carbocycles. The van der Waals surface area contributed by atoms with Gasteiger partial charge in [-0.1, -0.05) is 0 Å². The van der Waals surface area contributed by atoms with Gasteiger partial charge in [-0.15, -0.1) is 0 Å². The number of diazo groups is 1. The van der Waals surface area contributed by atoms with Crippen molar-refractivity contribution in [3.63, 3.8) is 0 Å². The molecule has 0 saturated carbocycles. The zero-order valence-corrected chi connectivity index (χ0v) is 6.64. The minimum absolute atomic E-state index is 0.0308. The monoisotopic (exact) mass is 171 g/mol. The Kier molecular flexibility index (Phi) is 3.35. The van der Waals surface area contributed by atoms with Crippen LogP contribution < -0.4 is 0 Å². The molecule has 1 N–H and O–H groups in total. The van der Waals surface area contributed by atoms with Crippen molar-refractivity contribution in [2.45, 2.75) is 18.9 Å². The topological polar surface area (TPSA) is 66.8 Å². The summed E-state index contributed by atoms with van der Waals surface area (Å²) in [4.78, 5) is 2.63. The van der Waals surface area contributed by atoms with Gasteiger partial charge in [0.2, 0.25) is 5.39 Å². The van der Waals surface area contributed by atoms with Crippen LogP contribution in [0.15, 0.2) is 12.1 Å². The zero-order chi connectivity index (χ0) is 8.81. The maximum Gasteiger partial charge on any atom is 0.429 e. The van der Waals surface area contributed by atoms with Gasteiger partial charge in [-0.3, -0.25) is 0 Å². The summed E-state index contributed by atoms with van der Waals surface area (Å²) < 4.78 is 10.1. The molecule has 0 aromatic carbocycles. The summed E-state index contributed by atoms with van der Waals surface area (Å²) in [7, 11) is 0. The molecule has 1 aliphatic rings. The molecule has 66 valence electrons. The van der Waals surface area contributed by atoms with E-state index in [4.69, 9.17) is 20.0 Å². The van der Waals surface area contributed by atoms with E-state index in [1.54, 1.807) is 0 Å². The van der Waals surface area contributed by atoms with Gasteiger partial charge < -0.3 is 14.6 Å². The van der Waals surface area contributed by atoms with Crippen LogP contribution in [0, 0.1) is 5.39 Å². The van der Waals surface area contributed by atoms with Crippen molar-refractivity contribution in [2.75, 3.05) is 13.2 Å². The van der Waals surface area contributed by atoms with Crippen LogP contribution in [0.25, 0.3) is 4.98 Å². The Labute approximate surface area is 70.2 Å². The largest absolute Gasteiger partial charge is 0.476 e. The van der Waals surface area contributed by atoms with Crippen molar-refractivity contribution in [2.24, 2.45) is 0 Å². The first-order chi connectivity index (χ1) is 5.83. The summed E-state index contributed by atoms with van der Waals surface area (Å²) in [5.74, 6) is -0.357. The Hall–Kier alpha value is -1.28. The minimum Gasteiger partial charge on any atom is -0.476 e. The van der Waals surface area contributed by atoms with E-state index in [1.165, 1.54) is 0 Å². The summed E-state index contributed by atoms with van der Waals surface area (Å²) >= 11 is 0. The zero-order valence-electron chi connectivity index (χ0n) is 6.64. The number of hydrogen-bond acceptors (Lipinski definition) is 4. The lowest BCUT2D eigenvalue weighted by atomic mass is 10.2. The van der Waals surface area contributed by atoms with E-state index in [-0.39, 0.29) is 12.0 Å². The van der Waals surface area contributed by atoms with E-state index in [2.05, 4.69) is 4.98 Å². The van der Waals surface area contributed by atoms with E-state index in [1.807, 2.05) is 0 Å². The predicted octanol–water partition coefficient (Wildman–Crippen LogP) is 1.39. The number of aliphatic hydroxyl groups is 1.